The number of carbonyl (C=O) groups excluding carboxylic acids is 1. The fourth-order valence-corrected chi connectivity index (χ4v) is 3.81. The van der Waals surface area contributed by atoms with Crippen LogP contribution in [0.2, 0.25) is 5.02 Å². The lowest BCUT2D eigenvalue weighted by molar-refractivity contribution is -0.116. The van der Waals surface area contributed by atoms with E-state index < -0.39 is 0 Å². The van der Waals surface area contributed by atoms with E-state index in [0.717, 1.165) is 29.6 Å². The van der Waals surface area contributed by atoms with Crippen molar-refractivity contribution in [3.8, 4) is 0 Å². The smallest absolute Gasteiger partial charge is 0.244 e. The number of aromatic nitrogens is 1. The maximum absolute atomic E-state index is 13.4. The molecule has 1 atom stereocenters. The van der Waals surface area contributed by atoms with E-state index in [1.54, 1.807) is 24.3 Å². The van der Waals surface area contributed by atoms with Crippen molar-refractivity contribution in [1.29, 1.82) is 0 Å². The highest BCUT2D eigenvalue weighted by atomic mass is 35.5. The molecular formula is C24H23ClFN3O2. The molecule has 1 saturated heterocycles. The SMILES string of the molecule is O=C(/C=C/c1ccc2ccc(Cl)cc2n1)NCC(c1ccc(F)cc1)N1CCOCC1. The summed E-state index contributed by atoms with van der Waals surface area (Å²) in [7, 11) is 0. The van der Waals surface area contributed by atoms with Crippen molar-refractivity contribution in [2.24, 2.45) is 0 Å². The minimum atomic E-state index is -0.277. The van der Waals surface area contributed by atoms with E-state index in [-0.39, 0.29) is 17.8 Å². The number of rotatable bonds is 6. The standard InChI is InChI=1S/C24H23ClFN3O2/c25-19-5-1-17-4-8-21(28-22(17)15-19)9-10-24(30)27-16-23(29-11-13-31-14-12-29)18-2-6-20(26)7-3-18/h1-10,15,23H,11-14,16H2,(H,27,30)/b10-9+. The molecule has 0 radical (unpaired) electrons. The van der Waals surface area contributed by atoms with Gasteiger partial charge in [-0.3, -0.25) is 9.69 Å². The monoisotopic (exact) mass is 439 g/mol. The second-order valence-corrected chi connectivity index (χ2v) is 7.80. The topological polar surface area (TPSA) is 54.5 Å². The van der Waals surface area contributed by atoms with Gasteiger partial charge in [0.1, 0.15) is 5.82 Å². The van der Waals surface area contributed by atoms with Crippen LogP contribution >= 0.6 is 11.6 Å². The molecule has 1 aliphatic heterocycles. The number of benzene rings is 2. The molecule has 31 heavy (non-hydrogen) atoms. The third kappa shape index (κ3) is 5.67. The Balaban J connectivity index is 1.42. The molecule has 1 aromatic heterocycles. The number of fused-ring (bicyclic) bond motifs is 1. The van der Waals surface area contributed by atoms with E-state index in [1.165, 1.54) is 18.2 Å². The molecule has 0 bridgehead atoms. The Labute approximate surface area is 185 Å². The molecule has 4 rings (SSSR count). The summed E-state index contributed by atoms with van der Waals surface area (Å²) < 4.78 is 18.8. The minimum Gasteiger partial charge on any atom is -0.379 e. The third-order valence-corrected chi connectivity index (χ3v) is 5.53. The second kappa shape index (κ2) is 10.0. The van der Waals surface area contributed by atoms with E-state index in [4.69, 9.17) is 16.3 Å². The van der Waals surface area contributed by atoms with Gasteiger partial charge in [-0.2, -0.15) is 0 Å². The van der Waals surface area contributed by atoms with Crippen LogP contribution in [0.1, 0.15) is 17.3 Å². The van der Waals surface area contributed by atoms with Crippen LogP contribution in [0.3, 0.4) is 0 Å². The lowest BCUT2D eigenvalue weighted by Crippen LogP contribution is -2.43. The van der Waals surface area contributed by atoms with Crippen LogP contribution in [0, 0.1) is 5.82 Å². The van der Waals surface area contributed by atoms with Crippen LogP contribution in [0.5, 0.6) is 0 Å². The molecule has 0 aliphatic carbocycles. The zero-order chi connectivity index (χ0) is 21.6. The van der Waals surface area contributed by atoms with Crippen molar-refractivity contribution < 1.29 is 13.9 Å². The average Bonchev–Trinajstić information content (AvgIpc) is 2.79. The summed E-state index contributed by atoms with van der Waals surface area (Å²) in [6, 6.07) is 15.7. The van der Waals surface area contributed by atoms with Crippen LogP contribution in [0.15, 0.2) is 60.7 Å². The van der Waals surface area contributed by atoms with Gasteiger partial charge in [0.2, 0.25) is 5.91 Å². The number of hydrogen-bond donors (Lipinski definition) is 1. The number of carbonyl (C=O) groups is 1. The van der Waals surface area contributed by atoms with Crippen molar-refractivity contribution in [2.45, 2.75) is 6.04 Å². The number of nitrogens with one attached hydrogen (secondary N) is 1. The Morgan fingerprint density at radius 1 is 1.16 bits per heavy atom. The van der Waals surface area contributed by atoms with Gasteiger partial charge in [-0.15, -0.1) is 0 Å². The van der Waals surface area contributed by atoms with Gasteiger partial charge in [-0.05, 0) is 42.0 Å². The molecule has 2 aromatic carbocycles. The first kappa shape index (κ1) is 21.4. The highest BCUT2D eigenvalue weighted by molar-refractivity contribution is 6.31. The van der Waals surface area contributed by atoms with E-state index in [1.807, 2.05) is 24.3 Å². The summed E-state index contributed by atoms with van der Waals surface area (Å²) in [6.45, 7) is 3.22. The molecular weight excluding hydrogens is 417 g/mol. The predicted octanol–water partition coefficient (Wildman–Crippen LogP) is 4.23. The van der Waals surface area contributed by atoms with Crippen LogP contribution in [-0.4, -0.2) is 48.6 Å². The number of amides is 1. The molecule has 7 heteroatoms. The van der Waals surface area contributed by atoms with Crippen LogP contribution in [-0.2, 0) is 9.53 Å². The number of hydrogen-bond acceptors (Lipinski definition) is 4. The van der Waals surface area contributed by atoms with Crippen molar-refractivity contribution >= 4 is 34.5 Å². The number of morpholine rings is 1. The summed E-state index contributed by atoms with van der Waals surface area (Å²) in [5, 5.41) is 4.56. The van der Waals surface area contributed by atoms with Crippen molar-refractivity contribution in [2.75, 3.05) is 32.8 Å². The first-order valence-electron chi connectivity index (χ1n) is 10.2. The average molecular weight is 440 g/mol. The first-order chi connectivity index (χ1) is 15.1. The number of nitrogens with zero attached hydrogens (tertiary/aromatic N) is 2. The Hall–Kier alpha value is -2.80. The molecule has 160 valence electrons. The van der Waals surface area contributed by atoms with Gasteiger partial charge in [0.05, 0.1) is 30.5 Å². The van der Waals surface area contributed by atoms with Gasteiger partial charge in [-0.1, -0.05) is 35.9 Å². The number of ether oxygens (including phenoxy) is 1. The molecule has 3 aromatic rings. The molecule has 2 heterocycles. The third-order valence-electron chi connectivity index (χ3n) is 5.29. The highest BCUT2D eigenvalue weighted by Gasteiger charge is 2.23. The molecule has 1 fully saturated rings. The summed E-state index contributed by atoms with van der Waals surface area (Å²) in [5.41, 5.74) is 2.41. The summed E-state index contributed by atoms with van der Waals surface area (Å²) in [6.07, 6.45) is 3.15. The quantitative estimate of drug-likeness (QED) is 0.584. The fraction of sp³-hybridized carbons (Fsp3) is 0.250. The number of pyridine rings is 1. The maximum atomic E-state index is 13.4. The predicted molar refractivity (Wildman–Crippen MR) is 120 cm³/mol. The van der Waals surface area contributed by atoms with Crippen LogP contribution in [0.25, 0.3) is 17.0 Å². The minimum absolute atomic E-state index is 0.0530. The Bertz CT molecular complexity index is 1080. The first-order valence-corrected chi connectivity index (χ1v) is 10.6. The van der Waals surface area contributed by atoms with Gasteiger partial charge in [0.25, 0.3) is 0 Å². The Kier molecular flexibility index (Phi) is 6.92. The normalized spacial score (nSPS) is 15.9. The zero-order valence-corrected chi connectivity index (χ0v) is 17.7. The maximum Gasteiger partial charge on any atom is 0.244 e. The summed E-state index contributed by atoms with van der Waals surface area (Å²) in [5.74, 6) is -0.492. The van der Waals surface area contributed by atoms with Gasteiger partial charge in [0, 0.05) is 36.1 Å². The van der Waals surface area contributed by atoms with Gasteiger partial charge in [0.15, 0.2) is 0 Å². The lowest BCUT2D eigenvalue weighted by Gasteiger charge is -2.34. The van der Waals surface area contributed by atoms with E-state index in [2.05, 4.69) is 15.2 Å². The zero-order valence-electron chi connectivity index (χ0n) is 16.9. The molecule has 1 unspecified atom stereocenters. The fourth-order valence-electron chi connectivity index (χ4n) is 3.65. The van der Waals surface area contributed by atoms with Crippen LogP contribution < -0.4 is 5.32 Å². The molecule has 1 aliphatic rings. The van der Waals surface area contributed by atoms with Crippen LogP contribution in [0.4, 0.5) is 4.39 Å². The summed E-state index contributed by atoms with van der Waals surface area (Å²) in [4.78, 5) is 19.2. The van der Waals surface area contributed by atoms with Gasteiger partial charge < -0.3 is 10.1 Å². The second-order valence-electron chi connectivity index (χ2n) is 7.37. The lowest BCUT2D eigenvalue weighted by atomic mass is 10.0. The molecule has 5 nitrogen and oxygen atoms in total. The largest absolute Gasteiger partial charge is 0.379 e. The Morgan fingerprint density at radius 3 is 2.68 bits per heavy atom. The molecule has 0 spiro atoms. The molecule has 1 N–H and O–H groups in total. The molecule has 0 saturated carbocycles. The summed E-state index contributed by atoms with van der Waals surface area (Å²) >= 11 is 6.04. The van der Waals surface area contributed by atoms with Crippen molar-refractivity contribution in [3.63, 3.8) is 0 Å². The van der Waals surface area contributed by atoms with Gasteiger partial charge >= 0.3 is 0 Å². The van der Waals surface area contributed by atoms with E-state index in [0.29, 0.717) is 30.5 Å². The Morgan fingerprint density at radius 2 is 1.90 bits per heavy atom. The van der Waals surface area contributed by atoms with E-state index in [9.17, 15) is 9.18 Å². The van der Waals surface area contributed by atoms with Crippen molar-refractivity contribution in [3.05, 3.63) is 82.8 Å². The van der Waals surface area contributed by atoms with E-state index >= 15 is 0 Å². The molecule has 1 amide bonds. The van der Waals surface area contributed by atoms with Gasteiger partial charge in [-0.25, -0.2) is 9.37 Å². The highest BCUT2D eigenvalue weighted by Crippen LogP contribution is 2.22. The number of halogens is 2. The van der Waals surface area contributed by atoms with Crippen molar-refractivity contribution in [1.82, 2.24) is 15.2 Å².